The summed E-state index contributed by atoms with van der Waals surface area (Å²) < 4.78 is 44.1. The van der Waals surface area contributed by atoms with E-state index in [1.54, 1.807) is 12.1 Å². The lowest BCUT2D eigenvalue weighted by Gasteiger charge is -2.09. The predicted octanol–water partition coefficient (Wildman–Crippen LogP) is 2.78. The number of carbonyl (C=O) groups excluding carboxylic acids is 1. The zero-order chi connectivity index (χ0) is 16.8. The zero-order valence-corrected chi connectivity index (χ0v) is 11.8. The molecule has 2 heterocycles. The van der Waals surface area contributed by atoms with E-state index in [9.17, 15) is 23.1 Å². The van der Waals surface area contributed by atoms with E-state index in [2.05, 4.69) is 10.1 Å². The van der Waals surface area contributed by atoms with E-state index >= 15 is 0 Å². The molecule has 0 fully saturated rings. The van der Waals surface area contributed by atoms with Gasteiger partial charge in [-0.1, -0.05) is 24.3 Å². The molecule has 3 rings (SSSR count). The van der Waals surface area contributed by atoms with E-state index in [0.717, 1.165) is 0 Å². The van der Waals surface area contributed by atoms with Gasteiger partial charge in [-0.15, -0.1) is 5.10 Å². The average Bonchev–Trinajstić information content (AvgIpc) is 2.93. The van der Waals surface area contributed by atoms with Gasteiger partial charge in [-0.2, -0.15) is 13.2 Å². The first-order valence-corrected chi connectivity index (χ1v) is 6.59. The normalized spacial score (nSPS) is 12.0. The first-order valence-electron chi connectivity index (χ1n) is 6.59. The summed E-state index contributed by atoms with van der Waals surface area (Å²) in [6, 6.07) is 6.10. The van der Waals surface area contributed by atoms with Gasteiger partial charge < -0.3 is 9.84 Å². The number of rotatable bonds is 2. The highest BCUT2D eigenvalue weighted by atomic mass is 19.4. The van der Waals surface area contributed by atoms with Crippen LogP contribution in [0.25, 0.3) is 16.4 Å². The highest BCUT2D eigenvalue weighted by Crippen LogP contribution is 2.34. The van der Waals surface area contributed by atoms with Crippen LogP contribution in [0.4, 0.5) is 13.2 Å². The third-order valence-electron chi connectivity index (χ3n) is 3.19. The van der Waals surface area contributed by atoms with Gasteiger partial charge in [-0.3, -0.25) is 0 Å². The van der Waals surface area contributed by atoms with Crippen LogP contribution in [0.5, 0.6) is 5.75 Å². The number of esters is 1. The molecule has 0 saturated heterocycles. The highest BCUT2D eigenvalue weighted by molar-refractivity contribution is 6.04. The summed E-state index contributed by atoms with van der Waals surface area (Å²) in [5.41, 5.74) is -0.683. The Morgan fingerprint density at radius 3 is 2.57 bits per heavy atom. The Bertz CT molecular complexity index is 918. The number of benzene rings is 1. The number of ether oxygens (including phenoxy) is 1. The highest BCUT2D eigenvalue weighted by Gasteiger charge is 2.37. The molecule has 1 aromatic carbocycles. The van der Waals surface area contributed by atoms with Gasteiger partial charge in [-0.05, 0) is 6.92 Å². The van der Waals surface area contributed by atoms with Crippen LogP contribution in [0.2, 0.25) is 0 Å². The molecule has 0 aliphatic rings. The molecule has 1 N–H and O–H groups in total. The molecule has 0 atom stereocenters. The molecule has 2 aromatic heterocycles. The summed E-state index contributed by atoms with van der Waals surface area (Å²) in [6.45, 7) is 1.53. The van der Waals surface area contributed by atoms with Crippen LogP contribution in [0, 0.1) is 0 Å². The Labute approximate surface area is 127 Å². The van der Waals surface area contributed by atoms with Crippen molar-refractivity contribution in [1.82, 2.24) is 14.6 Å². The lowest BCUT2D eigenvalue weighted by Crippen LogP contribution is -2.13. The molecule has 9 heteroatoms. The summed E-state index contributed by atoms with van der Waals surface area (Å²) in [6.07, 6.45) is -4.78. The van der Waals surface area contributed by atoms with Gasteiger partial charge in [-0.25, -0.2) is 14.3 Å². The Morgan fingerprint density at radius 2 is 1.96 bits per heavy atom. The van der Waals surface area contributed by atoms with Crippen molar-refractivity contribution in [3.05, 3.63) is 35.8 Å². The Kier molecular flexibility index (Phi) is 3.35. The minimum Gasteiger partial charge on any atom is -0.505 e. The number of fused-ring (bicyclic) bond motifs is 3. The van der Waals surface area contributed by atoms with Crippen LogP contribution in [0.3, 0.4) is 0 Å². The van der Waals surface area contributed by atoms with Crippen LogP contribution < -0.4 is 0 Å². The van der Waals surface area contributed by atoms with Gasteiger partial charge in [0.15, 0.2) is 17.1 Å². The zero-order valence-electron chi connectivity index (χ0n) is 11.8. The molecule has 0 bridgehead atoms. The molecule has 0 radical (unpaired) electrons. The molecular formula is C14H10F3N3O3. The average molecular weight is 325 g/mol. The first kappa shape index (κ1) is 15.1. The van der Waals surface area contributed by atoms with Crippen LogP contribution in [-0.4, -0.2) is 32.3 Å². The summed E-state index contributed by atoms with van der Waals surface area (Å²) in [5, 5.41) is 14.0. The molecule has 0 aliphatic carbocycles. The number of hydrogen-bond acceptors (Lipinski definition) is 5. The maximum absolute atomic E-state index is 12.9. The lowest BCUT2D eigenvalue weighted by molar-refractivity contribution is -0.144. The molecule has 0 aliphatic heterocycles. The van der Waals surface area contributed by atoms with E-state index in [0.29, 0.717) is 4.52 Å². The SMILES string of the molecule is CCOC(=O)c1c(O)c2ccccc2c2nc(C(F)(F)F)nn12. The van der Waals surface area contributed by atoms with E-state index in [1.165, 1.54) is 19.1 Å². The van der Waals surface area contributed by atoms with Crippen LogP contribution in [0.1, 0.15) is 23.2 Å². The maximum Gasteiger partial charge on any atom is 0.453 e. The third kappa shape index (κ3) is 2.33. The van der Waals surface area contributed by atoms with Crippen molar-refractivity contribution in [2.75, 3.05) is 6.61 Å². The van der Waals surface area contributed by atoms with Crippen LogP contribution >= 0.6 is 0 Å². The van der Waals surface area contributed by atoms with Gasteiger partial charge in [0.05, 0.1) is 6.61 Å². The fourth-order valence-electron chi connectivity index (χ4n) is 2.26. The molecule has 23 heavy (non-hydrogen) atoms. The number of alkyl halides is 3. The van der Waals surface area contributed by atoms with E-state index in [-0.39, 0.29) is 23.0 Å². The standard InChI is InChI=1S/C14H10F3N3O3/c1-2-23-12(22)9-10(21)7-5-3-4-6-8(7)11-18-13(14(15,16)17)19-20(9)11/h3-6,21H,2H2,1H3. The van der Waals surface area contributed by atoms with Crippen molar-refractivity contribution in [3.8, 4) is 5.75 Å². The van der Waals surface area contributed by atoms with Crippen molar-refractivity contribution < 1.29 is 27.8 Å². The summed E-state index contributed by atoms with van der Waals surface area (Å²) in [7, 11) is 0. The van der Waals surface area contributed by atoms with Crippen LogP contribution in [-0.2, 0) is 10.9 Å². The van der Waals surface area contributed by atoms with Gasteiger partial charge in [0, 0.05) is 10.8 Å². The Hall–Kier alpha value is -2.84. The number of nitrogens with zero attached hydrogens (tertiary/aromatic N) is 3. The largest absolute Gasteiger partial charge is 0.505 e. The van der Waals surface area contributed by atoms with Gasteiger partial charge in [0.2, 0.25) is 0 Å². The van der Waals surface area contributed by atoms with E-state index < -0.39 is 29.4 Å². The number of aromatic hydroxyl groups is 1. The topological polar surface area (TPSA) is 76.7 Å². The van der Waals surface area contributed by atoms with Crippen molar-refractivity contribution in [1.29, 1.82) is 0 Å². The van der Waals surface area contributed by atoms with E-state index in [4.69, 9.17) is 4.74 Å². The second kappa shape index (κ2) is 5.11. The first-order chi connectivity index (χ1) is 10.8. The molecule has 0 saturated carbocycles. The minimum atomic E-state index is -4.78. The van der Waals surface area contributed by atoms with Crippen molar-refractivity contribution in [2.24, 2.45) is 0 Å². The van der Waals surface area contributed by atoms with Gasteiger partial charge >= 0.3 is 12.1 Å². The molecule has 3 aromatic rings. The molecular weight excluding hydrogens is 315 g/mol. The fourth-order valence-corrected chi connectivity index (χ4v) is 2.26. The van der Waals surface area contributed by atoms with Crippen molar-refractivity contribution >= 4 is 22.4 Å². The predicted molar refractivity (Wildman–Crippen MR) is 73.1 cm³/mol. The second-order valence-corrected chi connectivity index (χ2v) is 4.63. The number of hydrogen-bond donors (Lipinski definition) is 1. The van der Waals surface area contributed by atoms with E-state index in [1.807, 2.05) is 0 Å². The monoisotopic (exact) mass is 325 g/mol. The Balaban J connectivity index is 2.45. The van der Waals surface area contributed by atoms with Gasteiger partial charge in [0.25, 0.3) is 5.82 Å². The summed E-state index contributed by atoms with van der Waals surface area (Å²) in [4.78, 5) is 15.5. The fraction of sp³-hybridized carbons (Fsp3) is 0.214. The number of pyridine rings is 1. The van der Waals surface area contributed by atoms with Crippen LogP contribution in [0.15, 0.2) is 24.3 Å². The molecule has 0 unspecified atom stereocenters. The molecule has 0 spiro atoms. The molecule has 6 nitrogen and oxygen atoms in total. The van der Waals surface area contributed by atoms with Crippen molar-refractivity contribution in [3.63, 3.8) is 0 Å². The number of aromatic nitrogens is 3. The summed E-state index contributed by atoms with van der Waals surface area (Å²) >= 11 is 0. The molecule has 0 amide bonds. The second-order valence-electron chi connectivity index (χ2n) is 4.63. The van der Waals surface area contributed by atoms with Gasteiger partial charge in [0.1, 0.15) is 0 Å². The maximum atomic E-state index is 12.9. The number of halogens is 3. The minimum absolute atomic E-state index is 0.00653. The molecule has 120 valence electrons. The quantitative estimate of drug-likeness (QED) is 0.733. The Morgan fingerprint density at radius 1 is 1.30 bits per heavy atom. The number of carbonyl (C=O) groups is 1. The lowest BCUT2D eigenvalue weighted by atomic mass is 10.1. The van der Waals surface area contributed by atoms with Crippen molar-refractivity contribution in [2.45, 2.75) is 13.1 Å². The smallest absolute Gasteiger partial charge is 0.453 e. The summed E-state index contributed by atoms with van der Waals surface area (Å²) in [5.74, 6) is -2.90. The third-order valence-corrected chi connectivity index (χ3v) is 3.19.